The molecule has 2 heterocycles. The van der Waals surface area contributed by atoms with E-state index in [1.807, 2.05) is 13.1 Å². The summed E-state index contributed by atoms with van der Waals surface area (Å²) >= 11 is 0. The van der Waals surface area contributed by atoms with Gasteiger partial charge in [0.05, 0.1) is 0 Å². The summed E-state index contributed by atoms with van der Waals surface area (Å²) in [7, 11) is 3.26. The van der Waals surface area contributed by atoms with E-state index in [-0.39, 0.29) is 0 Å². The smallest absolute Gasteiger partial charge is 0.191 e. The second-order valence-electron chi connectivity index (χ2n) is 8.04. The van der Waals surface area contributed by atoms with Gasteiger partial charge in [-0.1, -0.05) is 19.4 Å². The molecule has 29 heavy (non-hydrogen) atoms. The number of piperazine rings is 1. The van der Waals surface area contributed by atoms with Crippen LogP contribution in [0, 0.1) is 0 Å². The number of aromatic nitrogens is 1. The van der Waals surface area contributed by atoms with Crippen LogP contribution in [0.1, 0.15) is 38.2 Å². The first kappa shape index (κ1) is 22.0. The van der Waals surface area contributed by atoms with E-state index in [0.717, 1.165) is 75.0 Å². The van der Waals surface area contributed by atoms with Gasteiger partial charge in [0.15, 0.2) is 5.96 Å². The number of nitrogens with zero attached hydrogens (tertiary/aromatic N) is 4. The lowest BCUT2D eigenvalue weighted by atomic mass is 9.95. The largest absolute Gasteiger partial charge is 0.354 e. The molecular formula is C21H36N6OS. The molecule has 0 radical (unpaired) electrons. The molecule has 0 amide bonds. The molecule has 8 heteroatoms. The topological polar surface area (TPSA) is 72.9 Å². The summed E-state index contributed by atoms with van der Waals surface area (Å²) in [5.41, 5.74) is 1.14. The van der Waals surface area contributed by atoms with Crippen LogP contribution in [0.2, 0.25) is 0 Å². The summed E-state index contributed by atoms with van der Waals surface area (Å²) in [6.07, 6.45) is 6.23. The SMILES string of the molecule is CCS(=O)C1CCCC(NC(=NC)NCc2ccc(N3CCN(C)CC3)nc2)C1. The minimum absolute atomic E-state index is 0.315. The molecule has 1 aromatic heterocycles. The number of aliphatic imine (C=N–C) groups is 1. The molecule has 2 fully saturated rings. The zero-order valence-corrected chi connectivity index (χ0v) is 18.9. The molecule has 7 nitrogen and oxygen atoms in total. The molecule has 162 valence electrons. The van der Waals surface area contributed by atoms with E-state index in [0.29, 0.717) is 17.8 Å². The van der Waals surface area contributed by atoms with Crippen molar-refractivity contribution in [3.05, 3.63) is 23.9 Å². The average molecular weight is 421 g/mol. The van der Waals surface area contributed by atoms with Gasteiger partial charge in [-0.05, 0) is 37.9 Å². The van der Waals surface area contributed by atoms with E-state index in [4.69, 9.17) is 0 Å². The minimum Gasteiger partial charge on any atom is -0.354 e. The molecule has 1 aromatic rings. The normalized spacial score (nSPS) is 24.9. The second-order valence-corrected chi connectivity index (χ2v) is 10.0. The van der Waals surface area contributed by atoms with Gasteiger partial charge in [-0.3, -0.25) is 9.20 Å². The Bertz CT molecular complexity index is 687. The van der Waals surface area contributed by atoms with Crippen molar-refractivity contribution in [3.63, 3.8) is 0 Å². The Morgan fingerprint density at radius 1 is 1.28 bits per heavy atom. The van der Waals surface area contributed by atoms with Crippen molar-refractivity contribution >= 4 is 22.6 Å². The Hall–Kier alpha value is -1.67. The van der Waals surface area contributed by atoms with Gasteiger partial charge >= 0.3 is 0 Å². The molecule has 1 saturated carbocycles. The highest BCUT2D eigenvalue weighted by Gasteiger charge is 2.26. The Kier molecular flexibility index (Phi) is 8.29. The van der Waals surface area contributed by atoms with E-state index >= 15 is 0 Å². The number of hydrogen-bond donors (Lipinski definition) is 2. The lowest BCUT2D eigenvalue weighted by Gasteiger charge is -2.33. The second kappa shape index (κ2) is 10.9. The fourth-order valence-electron chi connectivity index (χ4n) is 4.07. The first-order chi connectivity index (χ1) is 14.1. The molecule has 3 rings (SSSR count). The fourth-order valence-corrected chi connectivity index (χ4v) is 5.42. The first-order valence-electron chi connectivity index (χ1n) is 10.8. The van der Waals surface area contributed by atoms with Crippen molar-refractivity contribution in [2.24, 2.45) is 4.99 Å². The van der Waals surface area contributed by atoms with Crippen molar-refractivity contribution in [2.75, 3.05) is 50.9 Å². The predicted molar refractivity (Wildman–Crippen MR) is 122 cm³/mol. The van der Waals surface area contributed by atoms with Gasteiger partial charge < -0.3 is 20.4 Å². The minimum atomic E-state index is -0.706. The summed E-state index contributed by atoms with van der Waals surface area (Å²) in [5, 5.41) is 7.24. The van der Waals surface area contributed by atoms with Crippen LogP contribution in [0.3, 0.4) is 0 Å². The Morgan fingerprint density at radius 3 is 2.72 bits per heavy atom. The number of rotatable bonds is 6. The van der Waals surface area contributed by atoms with Gasteiger partial charge in [-0.15, -0.1) is 0 Å². The Labute approximate surface area is 177 Å². The van der Waals surface area contributed by atoms with Crippen LogP contribution in [-0.4, -0.2) is 77.4 Å². The summed E-state index contributed by atoms with van der Waals surface area (Å²) in [6, 6.07) is 4.60. The Balaban J connectivity index is 1.47. The zero-order chi connectivity index (χ0) is 20.6. The number of guanidine groups is 1. The monoisotopic (exact) mass is 420 g/mol. The van der Waals surface area contributed by atoms with E-state index < -0.39 is 10.8 Å². The van der Waals surface area contributed by atoms with Gasteiger partial charge in [0, 0.05) is 73.8 Å². The van der Waals surface area contributed by atoms with Gasteiger partial charge in [-0.25, -0.2) is 4.98 Å². The molecule has 0 spiro atoms. The standard InChI is InChI=1S/C21H36N6OS/c1-4-29(28)19-7-5-6-18(14-19)25-21(22-2)24-16-17-8-9-20(23-15-17)27-12-10-26(3)11-13-27/h8-9,15,18-19H,4-7,10-14,16H2,1-3H3,(H2,22,24,25). The third kappa shape index (κ3) is 6.40. The molecule has 3 unspecified atom stereocenters. The number of nitrogens with one attached hydrogen (secondary N) is 2. The molecule has 1 aliphatic carbocycles. The van der Waals surface area contributed by atoms with Crippen molar-refractivity contribution in [3.8, 4) is 0 Å². The van der Waals surface area contributed by atoms with E-state index in [2.05, 4.69) is 49.6 Å². The number of likely N-dealkylation sites (N-methyl/N-ethyl adjacent to an activating group) is 1. The number of anilines is 1. The van der Waals surface area contributed by atoms with Crippen LogP contribution >= 0.6 is 0 Å². The maximum Gasteiger partial charge on any atom is 0.191 e. The van der Waals surface area contributed by atoms with E-state index in [9.17, 15) is 4.21 Å². The van der Waals surface area contributed by atoms with Crippen LogP contribution in [0.5, 0.6) is 0 Å². The Morgan fingerprint density at radius 2 is 2.07 bits per heavy atom. The van der Waals surface area contributed by atoms with E-state index in [1.165, 1.54) is 0 Å². The van der Waals surface area contributed by atoms with Crippen LogP contribution in [-0.2, 0) is 17.3 Å². The maximum atomic E-state index is 12.2. The van der Waals surface area contributed by atoms with Gasteiger partial charge in [0.2, 0.25) is 0 Å². The van der Waals surface area contributed by atoms with E-state index in [1.54, 1.807) is 7.05 Å². The van der Waals surface area contributed by atoms with Crippen LogP contribution < -0.4 is 15.5 Å². The average Bonchev–Trinajstić information content (AvgIpc) is 2.77. The summed E-state index contributed by atoms with van der Waals surface area (Å²) < 4.78 is 12.2. The van der Waals surface area contributed by atoms with Crippen molar-refractivity contribution < 1.29 is 4.21 Å². The molecule has 3 atom stereocenters. The third-order valence-electron chi connectivity index (χ3n) is 5.94. The zero-order valence-electron chi connectivity index (χ0n) is 18.1. The lowest BCUT2D eigenvalue weighted by molar-refractivity contribution is 0.312. The molecule has 2 N–H and O–H groups in total. The number of hydrogen-bond acceptors (Lipinski definition) is 5. The molecule has 2 aliphatic rings. The summed E-state index contributed by atoms with van der Waals surface area (Å²) in [6.45, 7) is 6.93. The van der Waals surface area contributed by atoms with Crippen molar-refractivity contribution in [1.82, 2.24) is 20.5 Å². The first-order valence-corrected chi connectivity index (χ1v) is 12.2. The van der Waals surface area contributed by atoms with Gasteiger partial charge in [0.1, 0.15) is 5.82 Å². The highest BCUT2D eigenvalue weighted by Crippen LogP contribution is 2.23. The van der Waals surface area contributed by atoms with Gasteiger partial charge in [-0.2, -0.15) is 0 Å². The molecule has 0 aromatic carbocycles. The fraction of sp³-hybridized carbons (Fsp3) is 0.714. The van der Waals surface area contributed by atoms with Gasteiger partial charge in [0.25, 0.3) is 0 Å². The number of pyridine rings is 1. The molecule has 1 aliphatic heterocycles. The quantitative estimate of drug-likeness (QED) is 0.538. The predicted octanol–water partition coefficient (Wildman–Crippen LogP) is 1.58. The highest BCUT2D eigenvalue weighted by molar-refractivity contribution is 7.85. The van der Waals surface area contributed by atoms with Crippen molar-refractivity contribution in [2.45, 2.75) is 50.4 Å². The van der Waals surface area contributed by atoms with Crippen LogP contribution in [0.4, 0.5) is 5.82 Å². The summed E-state index contributed by atoms with van der Waals surface area (Å²) in [5.74, 6) is 2.61. The van der Waals surface area contributed by atoms with Crippen molar-refractivity contribution in [1.29, 1.82) is 0 Å². The third-order valence-corrected chi connectivity index (χ3v) is 7.68. The van der Waals surface area contributed by atoms with Crippen LogP contribution in [0.25, 0.3) is 0 Å². The molecular weight excluding hydrogens is 384 g/mol. The highest BCUT2D eigenvalue weighted by atomic mass is 32.2. The molecule has 0 bridgehead atoms. The lowest BCUT2D eigenvalue weighted by Crippen LogP contribution is -2.46. The van der Waals surface area contributed by atoms with Crippen LogP contribution in [0.15, 0.2) is 23.3 Å². The summed E-state index contributed by atoms with van der Waals surface area (Å²) in [4.78, 5) is 13.7. The molecule has 1 saturated heterocycles. The maximum absolute atomic E-state index is 12.2.